The first kappa shape index (κ1) is 16.8. The Kier molecular flexibility index (Phi) is 6.82. The van der Waals surface area contributed by atoms with E-state index in [9.17, 15) is 0 Å². The van der Waals surface area contributed by atoms with E-state index in [2.05, 4.69) is 25.2 Å². The van der Waals surface area contributed by atoms with Crippen LogP contribution in [0.3, 0.4) is 0 Å². The first-order valence-corrected chi connectivity index (χ1v) is 6.97. The molecule has 0 aliphatic heterocycles. The van der Waals surface area contributed by atoms with Gasteiger partial charge in [0.15, 0.2) is 0 Å². The van der Waals surface area contributed by atoms with Gasteiger partial charge in [0.05, 0.1) is 20.8 Å². The van der Waals surface area contributed by atoms with Gasteiger partial charge in [-0.3, -0.25) is 0 Å². The van der Waals surface area contributed by atoms with Crippen molar-refractivity contribution < 1.29 is 14.2 Å². The summed E-state index contributed by atoms with van der Waals surface area (Å²) >= 11 is 0. The Morgan fingerprint density at radius 3 is 2.40 bits per heavy atom. The Morgan fingerprint density at radius 1 is 1.05 bits per heavy atom. The van der Waals surface area contributed by atoms with Crippen LogP contribution in [0.15, 0.2) is 18.2 Å². The van der Waals surface area contributed by atoms with Gasteiger partial charge in [-0.2, -0.15) is 0 Å². The minimum atomic E-state index is 0.0138. The van der Waals surface area contributed by atoms with Crippen LogP contribution in [0.5, 0.6) is 11.5 Å². The average molecular weight is 281 g/mol. The third-order valence-electron chi connectivity index (χ3n) is 3.55. The molecule has 114 valence electrons. The molecule has 0 amide bonds. The summed E-state index contributed by atoms with van der Waals surface area (Å²) in [5.41, 5.74) is 1.19. The van der Waals surface area contributed by atoms with Gasteiger partial charge in [0.1, 0.15) is 11.5 Å². The molecule has 1 rings (SSSR count). The summed E-state index contributed by atoms with van der Waals surface area (Å²) < 4.78 is 15.8. The summed E-state index contributed by atoms with van der Waals surface area (Å²) in [5, 5.41) is 3.38. The van der Waals surface area contributed by atoms with E-state index >= 15 is 0 Å². The third kappa shape index (κ3) is 4.69. The summed E-state index contributed by atoms with van der Waals surface area (Å²) in [4.78, 5) is 0. The maximum absolute atomic E-state index is 5.48. The van der Waals surface area contributed by atoms with Crippen molar-refractivity contribution >= 4 is 0 Å². The van der Waals surface area contributed by atoms with Crippen molar-refractivity contribution in [2.75, 3.05) is 41.0 Å². The highest BCUT2D eigenvalue weighted by atomic mass is 16.5. The zero-order valence-corrected chi connectivity index (χ0v) is 13.3. The maximum atomic E-state index is 5.48. The predicted octanol–water partition coefficient (Wildman–Crippen LogP) is 2.61. The van der Waals surface area contributed by atoms with Gasteiger partial charge in [0.25, 0.3) is 0 Å². The number of methoxy groups -OCH3 is 3. The Morgan fingerprint density at radius 2 is 1.80 bits per heavy atom. The van der Waals surface area contributed by atoms with Crippen LogP contribution >= 0.6 is 0 Å². The van der Waals surface area contributed by atoms with Crippen molar-refractivity contribution in [2.24, 2.45) is 0 Å². The lowest BCUT2D eigenvalue weighted by Gasteiger charge is -2.27. The van der Waals surface area contributed by atoms with E-state index in [1.54, 1.807) is 21.3 Å². The highest BCUT2D eigenvalue weighted by molar-refractivity contribution is 5.44. The lowest BCUT2D eigenvalue weighted by molar-refractivity contribution is 0.198. The highest BCUT2D eigenvalue weighted by Crippen LogP contribution is 2.36. The van der Waals surface area contributed by atoms with E-state index in [0.29, 0.717) is 0 Å². The molecule has 0 unspecified atom stereocenters. The van der Waals surface area contributed by atoms with Crippen molar-refractivity contribution in [3.63, 3.8) is 0 Å². The van der Waals surface area contributed by atoms with Crippen molar-refractivity contribution in [1.29, 1.82) is 0 Å². The molecule has 1 N–H and O–H groups in total. The summed E-state index contributed by atoms with van der Waals surface area (Å²) in [7, 11) is 5.11. The molecule has 0 spiro atoms. The zero-order chi connectivity index (χ0) is 15.0. The Labute approximate surface area is 122 Å². The summed E-state index contributed by atoms with van der Waals surface area (Å²) in [6.07, 6.45) is 1.01. The SMILES string of the molecule is COCCNCCC(C)(C)c1cc(OC)ccc1OC. The van der Waals surface area contributed by atoms with E-state index < -0.39 is 0 Å². The highest BCUT2D eigenvalue weighted by Gasteiger charge is 2.24. The first-order chi connectivity index (χ1) is 9.55. The normalized spacial score (nSPS) is 11.4. The van der Waals surface area contributed by atoms with Gasteiger partial charge < -0.3 is 19.5 Å². The fourth-order valence-electron chi connectivity index (χ4n) is 2.18. The van der Waals surface area contributed by atoms with Crippen LogP contribution in [-0.4, -0.2) is 41.0 Å². The smallest absolute Gasteiger partial charge is 0.122 e. The molecule has 4 heteroatoms. The topological polar surface area (TPSA) is 39.7 Å². The number of hydrogen-bond donors (Lipinski definition) is 1. The molecule has 20 heavy (non-hydrogen) atoms. The molecule has 0 aliphatic rings. The van der Waals surface area contributed by atoms with E-state index in [1.165, 1.54) is 5.56 Å². The van der Waals surface area contributed by atoms with E-state index in [1.807, 2.05) is 12.1 Å². The number of ether oxygens (including phenoxy) is 3. The second-order valence-electron chi connectivity index (χ2n) is 5.44. The lowest BCUT2D eigenvalue weighted by atomic mass is 9.81. The Bertz CT molecular complexity index is 405. The Balaban J connectivity index is 2.74. The van der Waals surface area contributed by atoms with Gasteiger partial charge in [-0.1, -0.05) is 13.8 Å². The lowest BCUT2D eigenvalue weighted by Crippen LogP contribution is -2.27. The molecule has 0 saturated carbocycles. The first-order valence-electron chi connectivity index (χ1n) is 6.97. The van der Waals surface area contributed by atoms with Crippen molar-refractivity contribution in [1.82, 2.24) is 5.32 Å². The van der Waals surface area contributed by atoms with E-state index in [0.717, 1.165) is 37.6 Å². The predicted molar refractivity (Wildman–Crippen MR) is 81.9 cm³/mol. The minimum absolute atomic E-state index is 0.0138. The standard InChI is InChI=1S/C16H27NO3/c1-16(2,8-9-17-10-11-18-3)14-12-13(19-4)6-7-15(14)20-5/h6-7,12,17H,8-11H2,1-5H3. The van der Waals surface area contributed by atoms with Crippen LogP contribution < -0.4 is 14.8 Å². The molecule has 1 aromatic rings. The largest absolute Gasteiger partial charge is 0.497 e. The minimum Gasteiger partial charge on any atom is -0.497 e. The summed E-state index contributed by atoms with van der Waals surface area (Å²) in [6.45, 7) is 7.01. The molecule has 0 bridgehead atoms. The number of benzene rings is 1. The molecule has 0 radical (unpaired) electrons. The molecule has 0 atom stereocenters. The second kappa shape index (κ2) is 8.12. The molecule has 0 heterocycles. The molecule has 4 nitrogen and oxygen atoms in total. The second-order valence-corrected chi connectivity index (χ2v) is 5.44. The molecular formula is C16H27NO3. The van der Waals surface area contributed by atoms with Crippen molar-refractivity contribution in [2.45, 2.75) is 25.7 Å². The zero-order valence-electron chi connectivity index (χ0n) is 13.3. The average Bonchev–Trinajstić information content (AvgIpc) is 2.46. The summed E-state index contributed by atoms with van der Waals surface area (Å²) in [6, 6.07) is 5.96. The van der Waals surface area contributed by atoms with Gasteiger partial charge in [-0.25, -0.2) is 0 Å². The monoisotopic (exact) mass is 281 g/mol. The number of nitrogens with one attached hydrogen (secondary N) is 1. The molecule has 0 fully saturated rings. The van der Waals surface area contributed by atoms with Crippen LogP contribution in [0, 0.1) is 0 Å². The maximum Gasteiger partial charge on any atom is 0.122 e. The molecular weight excluding hydrogens is 254 g/mol. The van der Waals surface area contributed by atoms with Crippen LogP contribution in [0.1, 0.15) is 25.8 Å². The van der Waals surface area contributed by atoms with E-state index in [4.69, 9.17) is 14.2 Å². The van der Waals surface area contributed by atoms with Gasteiger partial charge in [0, 0.05) is 19.2 Å². The molecule has 0 aromatic heterocycles. The van der Waals surface area contributed by atoms with Crippen LogP contribution in [0.2, 0.25) is 0 Å². The van der Waals surface area contributed by atoms with Gasteiger partial charge in [-0.15, -0.1) is 0 Å². The van der Waals surface area contributed by atoms with Crippen LogP contribution in [-0.2, 0) is 10.2 Å². The van der Waals surface area contributed by atoms with Gasteiger partial charge in [0.2, 0.25) is 0 Å². The fraction of sp³-hybridized carbons (Fsp3) is 0.625. The number of rotatable bonds is 9. The Hall–Kier alpha value is -1.26. The quantitative estimate of drug-likeness (QED) is 0.706. The van der Waals surface area contributed by atoms with Crippen molar-refractivity contribution in [3.05, 3.63) is 23.8 Å². The van der Waals surface area contributed by atoms with Gasteiger partial charge in [-0.05, 0) is 36.6 Å². The molecule has 1 aromatic carbocycles. The van der Waals surface area contributed by atoms with Crippen molar-refractivity contribution in [3.8, 4) is 11.5 Å². The number of hydrogen-bond acceptors (Lipinski definition) is 4. The third-order valence-corrected chi connectivity index (χ3v) is 3.55. The fourth-order valence-corrected chi connectivity index (χ4v) is 2.18. The van der Waals surface area contributed by atoms with Crippen LogP contribution in [0.4, 0.5) is 0 Å². The molecule has 0 aliphatic carbocycles. The molecule has 0 saturated heterocycles. The summed E-state index contributed by atoms with van der Waals surface area (Å²) in [5.74, 6) is 1.77. The van der Waals surface area contributed by atoms with E-state index in [-0.39, 0.29) is 5.41 Å². The van der Waals surface area contributed by atoms with Crippen LogP contribution in [0.25, 0.3) is 0 Å². The van der Waals surface area contributed by atoms with Gasteiger partial charge >= 0.3 is 0 Å².